The summed E-state index contributed by atoms with van der Waals surface area (Å²) >= 11 is 5.86. The van der Waals surface area contributed by atoms with E-state index in [1.165, 1.54) is 12.1 Å². The molecule has 4 aromatic carbocycles. The van der Waals surface area contributed by atoms with Gasteiger partial charge in [-0.05, 0) is 77.9 Å². The normalized spacial score (nSPS) is 11.6. The number of rotatable bonds is 8. The Kier molecular flexibility index (Phi) is 7.73. The summed E-state index contributed by atoms with van der Waals surface area (Å²) in [6.07, 6.45) is 1.79. The van der Waals surface area contributed by atoms with Crippen LogP contribution in [0.1, 0.15) is 11.1 Å². The number of nitrogens with one attached hydrogen (secondary N) is 2. The number of hydrogen-bond acceptors (Lipinski definition) is 4. The summed E-state index contributed by atoms with van der Waals surface area (Å²) < 4.78 is 33.1. The fraction of sp³-hybridized carbons (Fsp3) is 0.0357. The zero-order valence-corrected chi connectivity index (χ0v) is 20.9. The minimum atomic E-state index is -3.80. The number of amides is 1. The molecule has 4 rings (SSSR count). The second kappa shape index (κ2) is 11.1. The van der Waals surface area contributed by atoms with Crippen molar-refractivity contribution in [2.24, 2.45) is 0 Å². The van der Waals surface area contributed by atoms with Gasteiger partial charge in [0.1, 0.15) is 5.75 Å². The van der Waals surface area contributed by atoms with Gasteiger partial charge in [-0.1, -0.05) is 54.1 Å². The molecule has 6 nitrogen and oxygen atoms in total. The quantitative estimate of drug-likeness (QED) is 0.211. The summed E-state index contributed by atoms with van der Waals surface area (Å²) in [5, 5.41) is 3.36. The minimum absolute atomic E-state index is 0.0625. The molecule has 0 aliphatic rings. The van der Waals surface area contributed by atoms with Crippen LogP contribution in [0, 0.1) is 0 Å². The summed E-state index contributed by atoms with van der Waals surface area (Å²) in [7, 11) is -2.21. The molecule has 182 valence electrons. The van der Waals surface area contributed by atoms with E-state index >= 15 is 0 Å². The van der Waals surface area contributed by atoms with Crippen LogP contribution in [0.4, 0.5) is 11.4 Å². The predicted octanol–water partition coefficient (Wildman–Crippen LogP) is 6.33. The number of methoxy groups -OCH3 is 1. The molecule has 36 heavy (non-hydrogen) atoms. The van der Waals surface area contributed by atoms with Gasteiger partial charge in [0, 0.05) is 22.0 Å². The molecule has 0 fully saturated rings. The molecule has 0 aliphatic carbocycles. The molecule has 0 atom stereocenters. The van der Waals surface area contributed by atoms with Gasteiger partial charge in [0.25, 0.3) is 15.9 Å². The third-order valence-corrected chi connectivity index (χ3v) is 6.92. The molecular weight excluding hydrogens is 496 g/mol. The molecule has 0 saturated heterocycles. The summed E-state index contributed by atoms with van der Waals surface area (Å²) in [4.78, 5) is 13.3. The van der Waals surface area contributed by atoms with Gasteiger partial charge < -0.3 is 10.1 Å². The number of carbonyl (C=O) groups excluding carboxylic acids is 1. The Morgan fingerprint density at radius 1 is 0.806 bits per heavy atom. The van der Waals surface area contributed by atoms with Gasteiger partial charge in [-0.2, -0.15) is 0 Å². The van der Waals surface area contributed by atoms with Crippen molar-refractivity contribution in [1.82, 2.24) is 0 Å². The standard InChI is InChI=1S/C28H23ClN2O4S/c1-35-25-15-7-20(8-16-25)19-27(21-5-3-2-4-6-21)28(32)30-23-13-17-26(18-14-23)36(33,34)31-24-11-9-22(29)10-12-24/h2-19,31H,1H3,(H,30,32)/b27-19-. The predicted molar refractivity (Wildman–Crippen MR) is 145 cm³/mol. The number of carbonyl (C=O) groups is 1. The molecule has 1 amide bonds. The SMILES string of the molecule is COc1ccc(/C=C(\C(=O)Nc2ccc(S(=O)(=O)Nc3ccc(Cl)cc3)cc2)c2ccccc2)cc1. The molecule has 0 heterocycles. The van der Waals surface area contributed by atoms with E-state index < -0.39 is 10.0 Å². The maximum Gasteiger partial charge on any atom is 0.261 e. The smallest absolute Gasteiger partial charge is 0.261 e. The van der Waals surface area contributed by atoms with Crippen molar-refractivity contribution < 1.29 is 17.9 Å². The van der Waals surface area contributed by atoms with Crippen molar-refractivity contribution in [2.45, 2.75) is 4.90 Å². The van der Waals surface area contributed by atoms with Crippen LogP contribution >= 0.6 is 11.6 Å². The Hall–Kier alpha value is -4.07. The zero-order valence-electron chi connectivity index (χ0n) is 19.3. The molecule has 0 aromatic heterocycles. The van der Waals surface area contributed by atoms with E-state index in [0.29, 0.717) is 22.0 Å². The Balaban J connectivity index is 1.54. The second-order valence-electron chi connectivity index (χ2n) is 7.79. The van der Waals surface area contributed by atoms with E-state index in [1.54, 1.807) is 49.6 Å². The van der Waals surface area contributed by atoms with Crippen LogP contribution in [0.3, 0.4) is 0 Å². The van der Waals surface area contributed by atoms with Crippen molar-refractivity contribution >= 4 is 50.6 Å². The largest absolute Gasteiger partial charge is 0.497 e. The van der Waals surface area contributed by atoms with Crippen LogP contribution in [0.15, 0.2) is 108 Å². The fourth-order valence-corrected chi connectivity index (χ4v) is 4.60. The van der Waals surface area contributed by atoms with Crippen LogP contribution in [-0.2, 0) is 14.8 Å². The van der Waals surface area contributed by atoms with E-state index in [4.69, 9.17) is 16.3 Å². The lowest BCUT2D eigenvalue weighted by atomic mass is 10.0. The second-order valence-corrected chi connectivity index (χ2v) is 9.91. The molecule has 0 radical (unpaired) electrons. The highest BCUT2D eigenvalue weighted by atomic mass is 35.5. The molecule has 0 saturated carbocycles. The maximum absolute atomic E-state index is 13.2. The Morgan fingerprint density at radius 2 is 1.42 bits per heavy atom. The molecular formula is C28H23ClN2O4S. The summed E-state index contributed by atoms with van der Waals surface area (Å²) in [6, 6.07) is 29.0. The highest BCUT2D eigenvalue weighted by Crippen LogP contribution is 2.24. The van der Waals surface area contributed by atoms with Crippen molar-refractivity contribution in [3.63, 3.8) is 0 Å². The Morgan fingerprint density at radius 3 is 2.03 bits per heavy atom. The number of halogens is 1. The van der Waals surface area contributed by atoms with Gasteiger partial charge in [-0.3, -0.25) is 9.52 Å². The molecule has 0 bridgehead atoms. The summed E-state index contributed by atoms with van der Waals surface area (Å²) in [6.45, 7) is 0. The zero-order chi connectivity index (χ0) is 25.5. The monoisotopic (exact) mass is 518 g/mol. The van der Waals surface area contributed by atoms with E-state index in [1.807, 2.05) is 54.6 Å². The molecule has 0 spiro atoms. The molecule has 0 unspecified atom stereocenters. The van der Waals surface area contributed by atoms with Gasteiger partial charge in [-0.15, -0.1) is 0 Å². The first kappa shape index (κ1) is 25.0. The average Bonchev–Trinajstić information content (AvgIpc) is 2.89. The third-order valence-electron chi connectivity index (χ3n) is 5.28. The van der Waals surface area contributed by atoms with Gasteiger partial charge in [0.05, 0.1) is 12.0 Å². The van der Waals surface area contributed by atoms with Gasteiger partial charge >= 0.3 is 0 Å². The third kappa shape index (κ3) is 6.33. The number of hydrogen-bond donors (Lipinski definition) is 2. The first-order valence-corrected chi connectivity index (χ1v) is 12.8. The van der Waals surface area contributed by atoms with Crippen LogP contribution in [0.5, 0.6) is 5.75 Å². The molecule has 4 aromatic rings. The topological polar surface area (TPSA) is 84.5 Å². The van der Waals surface area contributed by atoms with Gasteiger partial charge in [-0.25, -0.2) is 8.42 Å². The molecule has 2 N–H and O–H groups in total. The lowest BCUT2D eigenvalue weighted by Crippen LogP contribution is -2.15. The maximum atomic E-state index is 13.2. The van der Waals surface area contributed by atoms with E-state index in [0.717, 1.165) is 16.9 Å². The molecule has 8 heteroatoms. The van der Waals surface area contributed by atoms with Crippen LogP contribution in [0.2, 0.25) is 5.02 Å². The van der Waals surface area contributed by atoms with Gasteiger partial charge in [0.15, 0.2) is 0 Å². The average molecular weight is 519 g/mol. The summed E-state index contributed by atoms with van der Waals surface area (Å²) in [5.41, 5.74) is 2.90. The summed E-state index contributed by atoms with van der Waals surface area (Å²) in [5.74, 6) is 0.394. The van der Waals surface area contributed by atoms with Crippen LogP contribution in [-0.4, -0.2) is 21.4 Å². The Bertz CT molecular complexity index is 1470. The van der Waals surface area contributed by atoms with E-state index in [-0.39, 0.29) is 10.8 Å². The van der Waals surface area contributed by atoms with Crippen LogP contribution in [0.25, 0.3) is 11.6 Å². The number of ether oxygens (including phenoxy) is 1. The highest BCUT2D eigenvalue weighted by Gasteiger charge is 2.16. The van der Waals surface area contributed by atoms with Crippen molar-refractivity contribution in [3.05, 3.63) is 119 Å². The van der Waals surface area contributed by atoms with E-state index in [2.05, 4.69) is 10.0 Å². The lowest BCUT2D eigenvalue weighted by Gasteiger charge is -2.12. The van der Waals surface area contributed by atoms with Crippen molar-refractivity contribution in [2.75, 3.05) is 17.1 Å². The number of benzene rings is 4. The first-order chi connectivity index (χ1) is 17.3. The number of anilines is 2. The van der Waals surface area contributed by atoms with Crippen molar-refractivity contribution in [3.8, 4) is 5.75 Å². The number of sulfonamides is 1. The highest BCUT2D eigenvalue weighted by molar-refractivity contribution is 7.92. The Labute approximate surface area is 215 Å². The van der Waals surface area contributed by atoms with Gasteiger partial charge in [0.2, 0.25) is 0 Å². The van der Waals surface area contributed by atoms with Crippen molar-refractivity contribution in [1.29, 1.82) is 0 Å². The molecule has 0 aliphatic heterocycles. The lowest BCUT2D eigenvalue weighted by molar-refractivity contribution is -0.111. The first-order valence-electron chi connectivity index (χ1n) is 10.9. The van der Waals surface area contributed by atoms with E-state index in [9.17, 15) is 13.2 Å². The fourth-order valence-electron chi connectivity index (χ4n) is 3.41. The minimum Gasteiger partial charge on any atom is -0.497 e. The van der Waals surface area contributed by atoms with Crippen LogP contribution < -0.4 is 14.8 Å².